The van der Waals surface area contributed by atoms with Crippen LogP contribution in [0, 0.1) is 6.92 Å². The highest BCUT2D eigenvalue weighted by molar-refractivity contribution is 5.96. The number of nitrogens with zero attached hydrogens (tertiary/aromatic N) is 4. The number of anilines is 1. The molecule has 0 atom stereocenters. The van der Waals surface area contributed by atoms with E-state index in [4.69, 9.17) is 0 Å². The molecule has 31 heavy (non-hydrogen) atoms. The average molecular weight is 414 g/mol. The Morgan fingerprint density at radius 1 is 1.00 bits per heavy atom. The Kier molecular flexibility index (Phi) is 4.39. The molecule has 0 unspecified atom stereocenters. The van der Waals surface area contributed by atoms with Crippen molar-refractivity contribution < 1.29 is 4.79 Å². The number of aromatic nitrogens is 3. The van der Waals surface area contributed by atoms with Gasteiger partial charge in [-0.25, -0.2) is 9.36 Å². The van der Waals surface area contributed by atoms with E-state index in [0.29, 0.717) is 23.3 Å². The molecule has 3 heterocycles. The molecular weight excluding hydrogens is 392 g/mol. The lowest BCUT2D eigenvalue weighted by Gasteiger charge is -2.19. The fraction of sp³-hybridized carbons (Fsp3) is 0.208. The van der Waals surface area contributed by atoms with Crippen LogP contribution in [-0.2, 0) is 24.8 Å². The Hall–Kier alpha value is -3.87. The maximum Gasteiger partial charge on any atom is 0.336 e. The predicted molar refractivity (Wildman–Crippen MR) is 120 cm³/mol. The molecule has 4 aromatic rings. The van der Waals surface area contributed by atoms with Gasteiger partial charge in [0, 0.05) is 25.0 Å². The van der Waals surface area contributed by atoms with Gasteiger partial charge in [-0.05, 0) is 43.2 Å². The van der Waals surface area contributed by atoms with Crippen LogP contribution in [0.25, 0.3) is 16.7 Å². The van der Waals surface area contributed by atoms with Gasteiger partial charge in [0.25, 0.3) is 5.56 Å². The van der Waals surface area contributed by atoms with Crippen molar-refractivity contribution in [3.8, 4) is 5.69 Å². The highest BCUT2D eigenvalue weighted by Crippen LogP contribution is 2.27. The fourth-order valence-corrected chi connectivity index (χ4v) is 4.36. The van der Waals surface area contributed by atoms with Gasteiger partial charge in [0.2, 0.25) is 5.91 Å². The number of carbonyl (C=O) groups is 1. The van der Waals surface area contributed by atoms with Crippen LogP contribution in [0.3, 0.4) is 0 Å². The third-order valence-electron chi connectivity index (χ3n) is 6.07. The van der Waals surface area contributed by atoms with Crippen molar-refractivity contribution in [1.29, 1.82) is 0 Å². The van der Waals surface area contributed by atoms with Crippen LogP contribution in [0.15, 0.2) is 70.3 Å². The van der Waals surface area contributed by atoms with Gasteiger partial charge in [0.1, 0.15) is 12.1 Å². The maximum absolute atomic E-state index is 13.5. The zero-order chi connectivity index (χ0) is 21.7. The monoisotopic (exact) mass is 414 g/mol. The normalized spacial score (nSPS) is 13.0. The average Bonchev–Trinajstić information content (AvgIpc) is 3.33. The first-order valence-electron chi connectivity index (χ1n) is 10.2. The lowest BCUT2D eigenvalue weighted by Crippen LogP contribution is -2.42. The molecule has 0 fully saturated rings. The molecule has 0 saturated carbocycles. The van der Waals surface area contributed by atoms with Crippen LogP contribution in [0.2, 0.25) is 0 Å². The molecule has 2 aromatic heterocycles. The zero-order valence-corrected chi connectivity index (χ0v) is 17.4. The minimum absolute atomic E-state index is 0.139. The first-order chi connectivity index (χ1) is 15.0. The van der Waals surface area contributed by atoms with Crippen molar-refractivity contribution in [2.24, 2.45) is 7.05 Å². The van der Waals surface area contributed by atoms with E-state index < -0.39 is 11.2 Å². The summed E-state index contributed by atoms with van der Waals surface area (Å²) in [6, 6.07) is 18.4. The van der Waals surface area contributed by atoms with Crippen LogP contribution in [0.4, 0.5) is 5.69 Å². The van der Waals surface area contributed by atoms with Gasteiger partial charge in [-0.15, -0.1) is 0 Å². The van der Waals surface area contributed by atoms with Gasteiger partial charge in [-0.2, -0.15) is 0 Å². The van der Waals surface area contributed by atoms with E-state index in [9.17, 15) is 14.4 Å². The summed E-state index contributed by atoms with van der Waals surface area (Å²) in [5.41, 5.74) is 3.29. The standard InChI is InChI=1S/C24H22N4O3/c1-16-14-20-22(25(16)2)23(30)28(18-9-4-3-5-10-18)24(31)27(20)15-21(29)26-13-12-17-8-6-7-11-19(17)26/h3-11,14H,12-13,15H2,1-2H3. The summed E-state index contributed by atoms with van der Waals surface area (Å²) in [5.74, 6) is -0.173. The molecule has 7 heteroatoms. The van der Waals surface area contributed by atoms with Crippen molar-refractivity contribution in [3.05, 3.63) is 92.8 Å². The van der Waals surface area contributed by atoms with Gasteiger partial charge in [-0.3, -0.25) is 14.2 Å². The Labute approximate surface area is 178 Å². The highest BCUT2D eigenvalue weighted by atomic mass is 16.2. The number of para-hydroxylation sites is 2. The van der Waals surface area contributed by atoms with Crippen molar-refractivity contribution in [3.63, 3.8) is 0 Å². The number of hydrogen-bond acceptors (Lipinski definition) is 3. The van der Waals surface area contributed by atoms with E-state index in [1.54, 1.807) is 46.8 Å². The van der Waals surface area contributed by atoms with E-state index >= 15 is 0 Å². The minimum Gasteiger partial charge on any atom is -0.342 e. The van der Waals surface area contributed by atoms with Gasteiger partial charge in [0.15, 0.2) is 0 Å². The van der Waals surface area contributed by atoms with E-state index in [1.165, 1.54) is 4.57 Å². The molecule has 0 saturated heterocycles. The predicted octanol–water partition coefficient (Wildman–Crippen LogP) is 2.39. The number of aryl methyl sites for hydroxylation is 2. The number of fused-ring (bicyclic) bond motifs is 2. The van der Waals surface area contributed by atoms with Crippen LogP contribution in [-0.4, -0.2) is 26.2 Å². The first-order valence-corrected chi connectivity index (χ1v) is 10.2. The molecule has 0 radical (unpaired) electrons. The highest BCUT2D eigenvalue weighted by Gasteiger charge is 2.26. The smallest absolute Gasteiger partial charge is 0.336 e. The molecule has 1 aliphatic rings. The van der Waals surface area contributed by atoms with Gasteiger partial charge in [0.05, 0.1) is 11.2 Å². The van der Waals surface area contributed by atoms with Gasteiger partial charge >= 0.3 is 5.69 Å². The number of rotatable bonds is 3. The molecule has 156 valence electrons. The molecule has 0 spiro atoms. The molecule has 0 aliphatic carbocycles. The van der Waals surface area contributed by atoms with Crippen LogP contribution >= 0.6 is 0 Å². The molecule has 1 aliphatic heterocycles. The molecule has 0 bridgehead atoms. The Bertz CT molecular complexity index is 1440. The Morgan fingerprint density at radius 2 is 1.71 bits per heavy atom. The summed E-state index contributed by atoms with van der Waals surface area (Å²) in [4.78, 5) is 41.7. The van der Waals surface area contributed by atoms with Crippen LogP contribution in [0.1, 0.15) is 11.3 Å². The summed E-state index contributed by atoms with van der Waals surface area (Å²) < 4.78 is 4.33. The summed E-state index contributed by atoms with van der Waals surface area (Å²) in [6.45, 7) is 2.32. The van der Waals surface area contributed by atoms with E-state index in [2.05, 4.69) is 0 Å². The summed E-state index contributed by atoms with van der Waals surface area (Å²) in [7, 11) is 1.79. The topological polar surface area (TPSA) is 69.2 Å². The van der Waals surface area contributed by atoms with Gasteiger partial charge < -0.3 is 9.47 Å². The summed E-state index contributed by atoms with van der Waals surface area (Å²) >= 11 is 0. The number of carbonyl (C=O) groups excluding carboxylic acids is 1. The quantitative estimate of drug-likeness (QED) is 0.517. The summed E-state index contributed by atoms with van der Waals surface area (Å²) in [6.07, 6.45) is 0.792. The lowest BCUT2D eigenvalue weighted by molar-refractivity contribution is -0.119. The second-order valence-corrected chi connectivity index (χ2v) is 7.85. The number of amides is 1. The van der Waals surface area contributed by atoms with E-state index in [1.807, 2.05) is 37.3 Å². The molecule has 0 N–H and O–H groups in total. The van der Waals surface area contributed by atoms with Crippen LogP contribution in [0.5, 0.6) is 0 Å². The Balaban J connectivity index is 1.69. The second-order valence-electron chi connectivity index (χ2n) is 7.85. The fourth-order valence-electron chi connectivity index (χ4n) is 4.36. The third kappa shape index (κ3) is 2.92. The van der Waals surface area contributed by atoms with Crippen LogP contribution < -0.4 is 16.1 Å². The number of hydrogen-bond donors (Lipinski definition) is 0. The molecule has 1 amide bonds. The van der Waals surface area contributed by atoms with Crippen molar-refractivity contribution >= 4 is 22.6 Å². The zero-order valence-electron chi connectivity index (χ0n) is 17.4. The number of benzene rings is 2. The maximum atomic E-state index is 13.5. The molecule has 7 nitrogen and oxygen atoms in total. The van der Waals surface area contributed by atoms with E-state index in [-0.39, 0.29) is 12.5 Å². The Morgan fingerprint density at radius 3 is 2.48 bits per heavy atom. The third-order valence-corrected chi connectivity index (χ3v) is 6.07. The van der Waals surface area contributed by atoms with Crippen molar-refractivity contribution in [1.82, 2.24) is 13.7 Å². The largest absolute Gasteiger partial charge is 0.342 e. The first kappa shape index (κ1) is 19.1. The second kappa shape index (κ2) is 7.12. The lowest BCUT2D eigenvalue weighted by atomic mass is 10.2. The summed E-state index contributed by atoms with van der Waals surface area (Å²) in [5, 5.41) is 0. The van der Waals surface area contributed by atoms with Crippen molar-refractivity contribution in [2.75, 3.05) is 11.4 Å². The van der Waals surface area contributed by atoms with Gasteiger partial charge in [-0.1, -0.05) is 36.4 Å². The molecule has 2 aromatic carbocycles. The van der Waals surface area contributed by atoms with E-state index in [0.717, 1.165) is 27.9 Å². The van der Waals surface area contributed by atoms with Crippen molar-refractivity contribution in [2.45, 2.75) is 19.9 Å². The minimum atomic E-state index is -0.518. The SMILES string of the molecule is Cc1cc2c(c(=O)n(-c3ccccc3)c(=O)n2CC(=O)N2CCc3ccccc32)n1C. The molecule has 5 rings (SSSR count). The molecular formula is C24H22N4O3.